The number of para-hydroxylation sites is 1. The fourth-order valence-corrected chi connectivity index (χ4v) is 3.13. The maximum Gasteiger partial charge on any atom is 0.340 e. The first-order valence-electron chi connectivity index (χ1n) is 9.59. The molecule has 2 aromatic carbocycles. The van der Waals surface area contributed by atoms with Gasteiger partial charge in [0.1, 0.15) is 5.82 Å². The minimum Gasteiger partial charge on any atom is -0.462 e. The standard InChI is InChI=1S/C22H23FN2O4/c1-2-29-22(28)15-8-4-6-10-19(15)25-21(27)17-13-16(17)20(26)24-12-11-14-7-3-5-9-18(14)23/h3-10,16-17H,2,11-13H2,1H3,(H,24,26)(H,25,27). The molecule has 2 amide bonds. The molecule has 2 unspecified atom stereocenters. The zero-order chi connectivity index (χ0) is 20.8. The Morgan fingerprint density at radius 2 is 1.72 bits per heavy atom. The zero-order valence-electron chi connectivity index (χ0n) is 16.1. The van der Waals surface area contributed by atoms with E-state index in [0.29, 0.717) is 30.6 Å². The Morgan fingerprint density at radius 1 is 1.03 bits per heavy atom. The number of benzene rings is 2. The molecule has 2 atom stereocenters. The molecule has 0 aliphatic heterocycles. The van der Waals surface area contributed by atoms with Crippen molar-refractivity contribution in [2.45, 2.75) is 19.8 Å². The molecule has 7 heteroatoms. The van der Waals surface area contributed by atoms with Crippen LogP contribution in [0.15, 0.2) is 48.5 Å². The van der Waals surface area contributed by atoms with Crippen molar-refractivity contribution in [3.8, 4) is 0 Å². The molecule has 6 nitrogen and oxygen atoms in total. The van der Waals surface area contributed by atoms with Gasteiger partial charge < -0.3 is 15.4 Å². The van der Waals surface area contributed by atoms with E-state index in [2.05, 4.69) is 10.6 Å². The van der Waals surface area contributed by atoms with E-state index in [0.717, 1.165) is 0 Å². The lowest BCUT2D eigenvalue weighted by atomic mass is 10.1. The highest BCUT2D eigenvalue weighted by atomic mass is 19.1. The molecule has 0 saturated heterocycles. The Morgan fingerprint density at radius 3 is 2.48 bits per heavy atom. The van der Waals surface area contributed by atoms with Crippen molar-refractivity contribution < 1.29 is 23.5 Å². The molecule has 3 rings (SSSR count). The van der Waals surface area contributed by atoms with E-state index in [1.807, 2.05) is 0 Å². The van der Waals surface area contributed by atoms with E-state index in [9.17, 15) is 18.8 Å². The maximum atomic E-state index is 13.6. The fourth-order valence-electron chi connectivity index (χ4n) is 3.13. The Hall–Kier alpha value is -3.22. The molecule has 2 aromatic rings. The quantitative estimate of drug-likeness (QED) is 0.670. The summed E-state index contributed by atoms with van der Waals surface area (Å²) in [6.07, 6.45) is 0.827. The number of halogens is 1. The largest absolute Gasteiger partial charge is 0.462 e. The number of carbonyl (C=O) groups excluding carboxylic acids is 3. The SMILES string of the molecule is CCOC(=O)c1ccccc1NC(=O)C1CC1C(=O)NCCc1ccccc1F. The second-order valence-corrected chi connectivity index (χ2v) is 6.84. The zero-order valence-corrected chi connectivity index (χ0v) is 16.1. The summed E-state index contributed by atoms with van der Waals surface area (Å²) in [6, 6.07) is 13.0. The summed E-state index contributed by atoms with van der Waals surface area (Å²) in [5.74, 6) is -2.20. The number of amides is 2. The summed E-state index contributed by atoms with van der Waals surface area (Å²) in [5, 5.41) is 5.47. The summed E-state index contributed by atoms with van der Waals surface area (Å²) in [7, 11) is 0. The summed E-state index contributed by atoms with van der Waals surface area (Å²) in [6.45, 7) is 2.24. The number of nitrogens with one attached hydrogen (secondary N) is 2. The molecule has 0 spiro atoms. The molecule has 0 heterocycles. The third-order valence-electron chi connectivity index (χ3n) is 4.80. The molecule has 1 fully saturated rings. The van der Waals surface area contributed by atoms with Crippen molar-refractivity contribution in [2.24, 2.45) is 11.8 Å². The first-order valence-corrected chi connectivity index (χ1v) is 9.59. The average molecular weight is 398 g/mol. The topological polar surface area (TPSA) is 84.5 Å². The van der Waals surface area contributed by atoms with E-state index < -0.39 is 17.8 Å². The van der Waals surface area contributed by atoms with Crippen LogP contribution in [0.2, 0.25) is 0 Å². The summed E-state index contributed by atoms with van der Waals surface area (Å²) >= 11 is 0. The van der Waals surface area contributed by atoms with E-state index in [-0.39, 0.29) is 29.8 Å². The summed E-state index contributed by atoms with van der Waals surface area (Å²) in [5.41, 5.74) is 1.17. The van der Waals surface area contributed by atoms with Gasteiger partial charge in [0.05, 0.1) is 29.7 Å². The van der Waals surface area contributed by atoms with Gasteiger partial charge in [-0.15, -0.1) is 0 Å². The minimum atomic E-state index is -0.512. The number of anilines is 1. The number of esters is 1. The maximum absolute atomic E-state index is 13.6. The lowest BCUT2D eigenvalue weighted by molar-refractivity contribution is -0.125. The highest BCUT2D eigenvalue weighted by molar-refractivity contribution is 6.04. The van der Waals surface area contributed by atoms with Crippen molar-refractivity contribution in [1.29, 1.82) is 0 Å². The first kappa shape index (κ1) is 20.5. The van der Waals surface area contributed by atoms with E-state index >= 15 is 0 Å². The van der Waals surface area contributed by atoms with Gasteiger partial charge in [-0.3, -0.25) is 9.59 Å². The van der Waals surface area contributed by atoms with Crippen LogP contribution >= 0.6 is 0 Å². The Balaban J connectivity index is 1.50. The van der Waals surface area contributed by atoms with E-state index in [1.165, 1.54) is 6.07 Å². The van der Waals surface area contributed by atoms with Gasteiger partial charge in [-0.05, 0) is 43.5 Å². The number of hydrogen-bond donors (Lipinski definition) is 2. The number of ether oxygens (including phenoxy) is 1. The molecule has 1 aliphatic rings. The highest BCUT2D eigenvalue weighted by Gasteiger charge is 2.48. The second-order valence-electron chi connectivity index (χ2n) is 6.84. The van der Waals surface area contributed by atoms with Gasteiger partial charge >= 0.3 is 5.97 Å². The molecule has 0 radical (unpaired) electrons. The second kappa shape index (κ2) is 9.32. The van der Waals surface area contributed by atoms with Crippen LogP contribution in [0.25, 0.3) is 0 Å². The molecular weight excluding hydrogens is 375 g/mol. The predicted octanol–water partition coefficient (Wildman–Crippen LogP) is 2.94. The fraction of sp³-hybridized carbons (Fsp3) is 0.318. The number of carbonyl (C=O) groups is 3. The molecule has 1 saturated carbocycles. The minimum absolute atomic E-state index is 0.222. The van der Waals surface area contributed by atoms with Gasteiger partial charge in [0.15, 0.2) is 0 Å². The van der Waals surface area contributed by atoms with Crippen LogP contribution in [0.3, 0.4) is 0 Å². The van der Waals surface area contributed by atoms with Crippen LogP contribution in [-0.4, -0.2) is 30.9 Å². The Bertz CT molecular complexity index is 915. The van der Waals surface area contributed by atoms with Gasteiger partial charge in [-0.25, -0.2) is 9.18 Å². The van der Waals surface area contributed by atoms with Gasteiger partial charge in [-0.1, -0.05) is 30.3 Å². The molecule has 2 N–H and O–H groups in total. The van der Waals surface area contributed by atoms with Crippen molar-refractivity contribution in [2.75, 3.05) is 18.5 Å². The highest BCUT2D eigenvalue weighted by Crippen LogP contribution is 2.39. The summed E-state index contributed by atoms with van der Waals surface area (Å²) < 4.78 is 18.6. The molecule has 0 aromatic heterocycles. The smallest absolute Gasteiger partial charge is 0.340 e. The third-order valence-corrected chi connectivity index (χ3v) is 4.80. The van der Waals surface area contributed by atoms with Crippen LogP contribution in [0.1, 0.15) is 29.3 Å². The van der Waals surface area contributed by atoms with Gasteiger partial charge in [-0.2, -0.15) is 0 Å². The molecule has 29 heavy (non-hydrogen) atoms. The predicted molar refractivity (Wildman–Crippen MR) is 106 cm³/mol. The van der Waals surface area contributed by atoms with Gasteiger partial charge in [0.2, 0.25) is 11.8 Å². The van der Waals surface area contributed by atoms with Crippen LogP contribution in [0.4, 0.5) is 10.1 Å². The van der Waals surface area contributed by atoms with Crippen LogP contribution in [0, 0.1) is 17.7 Å². The van der Waals surface area contributed by atoms with Crippen molar-refractivity contribution in [3.05, 3.63) is 65.5 Å². The lowest BCUT2D eigenvalue weighted by Gasteiger charge is -2.10. The van der Waals surface area contributed by atoms with Crippen molar-refractivity contribution in [1.82, 2.24) is 5.32 Å². The van der Waals surface area contributed by atoms with Crippen LogP contribution in [-0.2, 0) is 20.7 Å². The molecule has 0 bridgehead atoms. The monoisotopic (exact) mass is 398 g/mol. The molecular formula is C22H23FN2O4. The van der Waals surface area contributed by atoms with Gasteiger partial charge in [0.25, 0.3) is 0 Å². The third kappa shape index (κ3) is 5.19. The van der Waals surface area contributed by atoms with Gasteiger partial charge in [0, 0.05) is 6.54 Å². The Kier molecular flexibility index (Phi) is 6.59. The van der Waals surface area contributed by atoms with Crippen molar-refractivity contribution >= 4 is 23.5 Å². The van der Waals surface area contributed by atoms with E-state index in [4.69, 9.17) is 4.74 Å². The van der Waals surface area contributed by atoms with Crippen molar-refractivity contribution in [3.63, 3.8) is 0 Å². The normalized spacial score (nSPS) is 17.3. The van der Waals surface area contributed by atoms with Crippen LogP contribution in [0.5, 0.6) is 0 Å². The number of hydrogen-bond acceptors (Lipinski definition) is 4. The first-order chi connectivity index (χ1) is 14.0. The summed E-state index contributed by atoms with van der Waals surface area (Å²) in [4.78, 5) is 36.7. The molecule has 1 aliphatic carbocycles. The Labute approximate surface area is 168 Å². The molecule has 152 valence electrons. The lowest BCUT2D eigenvalue weighted by Crippen LogP contribution is -2.29. The van der Waals surface area contributed by atoms with Crippen LogP contribution < -0.4 is 10.6 Å². The average Bonchev–Trinajstić information content (AvgIpc) is 3.51. The number of rotatable bonds is 8. The van der Waals surface area contributed by atoms with E-state index in [1.54, 1.807) is 49.4 Å².